The van der Waals surface area contributed by atoms with Crippen molar-refractivity contribution in [1.82, 2.24) is 15.1 Å². The molecule has 1 saturated carbocycles. The van der Waals surface area contributed by atoms with Crippen LogP contribution in [0.5, 0.6) is 0 Å². The van der Waals surface area contributed by atoms with Crippen molar-refractivity contribution in [3.05, 3.63) is 77.1 Å². The van der Waals surface area contributed by atoms with E-state index >= 15 is 0 Å². The number of hydrogen-bond acceptors (Lipinski definition) is 2. The minimum Gasteiger partial charge on any atom is -0.332 e. The lowest BCUT2D eigenvalue weighted by Crippen LogP contribution is -2.44. The highest BCUT2D eigenvalue weighted by atomic mass is 19.4. The average Bonchev–Trinajstić information content (AvgIpc) is 3.49. The third-order valence-electron chi connectivity index (χ3n) is 6.23. The summed E-state index contributed by atoms with van der Waals surface area (Å²) in [6.07, 6.45) is 1.93. The Bertz CT molecular complexity index is 1100. The van der Waals surface area contributed by atoms with Crippen molar-refractivity contribution in [2.45, 2.75) is 50.4 Å². The summed E-state index contributed by atoms with van der Waals surface area (Å²) in [6.45, 7) is 0. The predicted octanol–water partition coefficient (Wildman–Crippen LogP) is 5.26. The van der Waals surface area contributed by atoms with Crippen LogP contribution in [0.3, 0.4) is 0 Å². The summed E-state index contributed by atoms with van der Waals surface area (Å²) >= 11 is 0. The first kappa shape index (κ1) is 19.8. The summed E-state index contributed by atoms with van der Waals surface area (Å²) in [7, 11) is 0. The van der Waals surface area contributed by atoms with Crippen LogP contribution in [0.25, 0.3) is 11.1 Å². The Balaban J connectivity index is 1.40. The van der Waals surface area contributed by atoms with Gasteiger partial charge in [0.05, 0.1) is 11.8 Å². The van der Waals surface area contributed by atoms with E-state index in [0.717, 1.165) is 49.4 Å². The molecular weight excluding hydrogens is 403 g/mol. The summed E-state index contributed by atoms with van der Waals surface area (Å²) in [5.74, 6) is -0.0462. The van der Waals surface area contributed by atoms with E-state index in [0.29, 0.717) is 11.1 Å². The second-order valence-corrected chi connectivity index (χ2v) is 8.33. The normalized spacial score (nSPS) is 18.5. The molecule has 1 atom stereocenters. The lowest BCUT2D eigenvalue weighted by molar-refractivity contribution is -0.137. The number of nitrogens with zero attached hydrogens (tertiary/aromatic N) is 2. The molecule has 160 valence electrons. The number of carbonyl (C=O) groups excluding carboxylic acids is 1. The number of nitrogens with one attached hydrogen (secondary N) is 1. The van der Waals surface area contributed by atoms with Crippen LogP contribution in [0, 0.1) is 0 Å². The summed E-state index contributed by atoms with van der Waals surface area (Å²) in [5.41, 5.74) is 2.71. The van der Waals surface area contributed by atoms with Crippen molar-refractivity contribution in [2.24, 2.45) is 0 Å². The van der Waals surface area contributed by atoms with Gasteiger partial charge in [-0.15, -0.1) is 0 Å². The van der Waals surface area contributed by atoms with Gasteiger partial charge < -0.3 is 4.90 Å². The van der Waals surface area contributed by atoms with Crippen LogP contribution in [0.15, 0.2) is 54.7 Å². The number of hydrogen-bond donors (Lipinski definition) is 1. The highest BCUT2D eigenvalue weighted by Crippen LogP contribution is 2.38. The molecule has 0 radical (unpaired) electrons. The van der Waals surface area contributed by atoms with E-state index < -0.39 is 11.7 Å². The molecule has 7 heteroatoms. The fourth-order valence-electron chi connectivity index (χ4n) is 4.54. The maximum Gasteiger partial charge on any atom is 0.417 e. The van der Waals surface area contributed by atoms with E-state index in [2.05, 4.69) is 10.2 Å². The molecule has 1 unspecified atom stereocenters. The Hall–Kier alpha value is -3.09. The molecule has 5 rings (SSSR count). The number of halogens is 3. The molecule has 0 bridgehead atoms. The fraction of sp³-hybridized carbons (Fsp3) is 0.333. The molecule has 2 aliphatic rings. The smallest absolute Gasteiger partial charge is 0.332 e. The molecule has 0 saturated heterocycles. The maximum atomic E-state index is 13.4. The number of amides is 1. The number of benzene rings is 2. The zero-order chi connectivity index (χ0) is 21.6. The van der Waals surface area contributed by atoms with Gasteiger partial charge in [-0.3, -0.25) is 9.89 Å². The summed E-state index contributed by atoms with van der Waals surface area (Å²) in [6, 6.07) is 12.4. The van der Waals surface area contributed by atoms with Crippen LogP contribution in [-0.2, 0) is 19.0 Å². The van der Waals surface area contributed by atoms with Crippen molar-refractivity contribution < 1.29 is 18.0 Å². The van der Waals surface area contributed by atoms with Gasteiger partial charge in [0.1, 0.15) is 0 Å². The molecule has 3 aromatic rings. The minimum absolute atomic E-state index is 0.0462. The fourth-order valence-corrected chi connectivity index (χ4v) is 4.54. The molecule has 1 aromatic heterocycles. The van der Waals surface area contributed by atoms with Gasteiger partial charge in [0, 0.05) is 23.3 Å². The van der Waals surface area contributed by atoms with E-state index in [4.69, 9.17) is 0 Å². The van der Waals surface area contributed by atoms with Crippen molar-refractivity contribution >= 4 is 5.91 Å². The quantitative estimate of drug-likeness (QED) is 0.620. The molecule has 31 heavy (non-hydrogen) atoms. The molecule has 0 aliphatic heterocycles. The number of aryl methyl sites for hydroxylation is 1. The Morgan fingerprint density at radius 1 is 1.00 bits per heavy atom. The minimum atomic E-state index is -4.43. The highest BCUT2D eigenvalue weighted by molar-refractivity contribution is 5.95. The van der Waals surface area contributed by atoms with Gasteiger partial charge in [-0.2, -0.15) is 18.3 Å². The third-order valence-corrected chi connectivity index (χ3v) is 6.23. The van der Waals surface area contributed by atoms with E-state index in [1.807, 2.05) is 11.1 Å². The number of aromatic amines is 1. The number of carbonyl (C=O) groups is 1. The molecule has 1 N–H and O–H groups in total. The Kier molecular flexibility index (Phi) is 4.84. The Morgan fingerprint density at radius 2 is 1.74 bits per heavy atom. The van der Waals surface area contributed by atoms with E-state index in [9.17, 15) is 18.0 Å². The summed E-state index contributed by atoms with van der Waals surface area (Å²) in [4.78, 5) is 15.4. The van der Waals surface area contributed by atoms with Crippen LogP contribution in [0.4, 0.5) is 13.2 Å². The predicted molar refractivity (Wildman–Crippen MR) is 110 cm³/mol. The van der Waals surface area contributed by atoms with Gasteiger partial charge in [0.25, 0.3) is 5.91 Å². The van der Waals surface area contributed by atoms with Crippen molar-refractivity contribution in [3.63, 3.8) is 0 Å². The van der Waals surface area contributed by atoms with Crippen LogP contribution >= 0.6 is 0 Å². The van der Waals surface area contributed by atoms with Crippen LogP contribution in [0.2, 0.25) is 0 Å². The van der Waals surface area contributed by atoms with Crippen molar-refractivity contribution in [1.29, 1.82) is 0 Å². The van der Waals surface area contributed by atoms with Gasteiger partial charge in [-0.25, -0.2) is 0 Å². The third kappa shape index (κ3) is 3.84. The molecule has 1 heterocycles. The number of aromatic nitrogens is 2. The zero-order valence-corrected chi connectivity index (χ0v) is 16.8. The van der Waals surface area contributed by atoms with Gasteiger partial charge in [-0.1, -0.05) is 30.3 Å². The molecule has 2 aliphatic carbocycles. The monoisotopic (exact) mass is 425 g/mol. The molecule has 4 nitrogen and oxygen atoms in total. The van der Waals surface area contributed by atoms with Crippen molar-refractivity contribution in [2.75, 3.05) is 0 Å². The van der Waals surface area contributed by atoms with Crippen LogP contribution in [-0.4, -0.2) is 33.1 Å². The maximum absolute atomic E-state index is 13.4. The molecule has 0 spiro atoms. The molecule has 2 aromatic carbocycles. The zero-order valence-electron chi connectivity index (χ0n) is 16.8. The van der Waals surface area contributed by atoms with Gasteiger partial charge in [0.2, 0.25) is 0 Å². The van der Waals surface area contributed by atoms with E-state index in [1.165, 1.54) is 12.1 Å². The number of rotatable bonds is 4. The summed E-state index contributed by atoms with van der Waals surface area (Å²) < 4.78 is 40.1. The van der Waals surface area contributed by atoms with E-state index in [-0.39, 0.29) is 23.6 Å². The van der Waals surface area contributed by atoms with Gasteiger partial charge in [0.15, 0.2) is 0 Å². The lowest BCUT2D eigenvalue weighted by atomic mass is 9.91. The van der Waals surface area contributed by atoms with Crippen LogP contribution in [0.1, 0.15) is 46.4 Å². The second-order valence-electron chi connectivity index (χ2n) is 8.33. The number of fused-ring (bicyclic) bond motifs is 1. The van der Waals surface area contributed by atoms with Gasteiger partial charge in [-0.05, 0) is 67.0 Å². The van der Waals surface area contributed by atoms with Crippen LogP contribution < -0.4 is 0 Å². The first-order valence-electron chi connectivity index (χ1n) is 10.5. The standard InChI is InChI=1S/C24H22F3N3O/c25-24(26,27)21-4-2-1-3-20(21)15-5-7-16(8-6-15)23(31)30(18-9-10-18)19-11-12-22-17(13-19)14-28-29-22/h1-8,14,18-19H,9-13H2,(H,28,29). The number of H-pyrrole nitrogens is 1. The van der Waals surface area contributed by atoms with E-state index in [1.54, 1.807) is 30.3 Å². The molecular formula is C24H22F3N3O. The average molecular weight is 425 g/mol. The molecule has 1 amide bonds. The second kappa shape index (κ2) is 7.55. The topological polar surface area (TPSA) is 49.0 Å². The van der Waals surface area contributed by atoms with Crippen molar-refractivity contribution in [3.8, 4) is 11.1 Å². The number of alkyl halides is 3. The highest BCUT2D eigenvalue weighted by Gasteiger charge is 2.39. The first-order valence-corrected chi connectivity index (χ1v) is 10.5. The largest absolute Gasteiger partial charge is 0.417 e. The Labute approximate surface area is 178 Å². The molecule has 1 fully saturated rings. The first-order chi connectivity index (χ1) is 14.9. The summed E-state index contributed by atoms with van der Waals surface area (Å²) in [5, 5.41) is 7.14. The lowest BCUT2D eigenvalue weighted by Gasteiger charge is -2.34. The SMILES string of the molecule is O=C(c1ccc(-c2ccccc2C(F)(F)F)cc1)N(C1CC1)C1CCc2[nH]ncc2C1. The van der Waals surface area contributed by atoms with Gasteiger partial charge >= 0.3 is 6.18 Å². The Morgan fingerprint density at radius 3 is 2.45 bits per heavy atom.